The van der Waals surface area contributed by atoms with E-state index in [2.05, 4.69) is 17.6 Å². The number of ether oxygens (including phenoxy) is 1. The van der Waals surface area contributed by atoms with Crippen molar-refractivity contribution in [2.45, 2.75) is 101 Å². The number of hydrogen-bond donors (Lipinski definition) is 2. The minimum atomic E-state index is -1.08. The number of nitrogens with zero attached hydrogens (tertiary/aromatic N) is 1. The summed E-state index contributed by atoms with van der Waals surface area (Å²) in [6.45, 7) is 4.25. The molecule has 7 heteroatoms. The van der Waals surface area contributed by atoms with Gasteiger partial charge in [0.15, 0.2) is 0 Å². The van der Waals surface area contributed by atoms with E-state index >= 15 is 0 Å². The summed E-state index contributed by atoms with van der Waals surface area (Å²) in [4.78, 5) is 43.6. The van der Waals surface area contributed by atoms with Crippen LogP contribution in [-0.2, 0) is 19.1 Å². The number of likely N-dealkylation sites (tertiary alicyclic amines) is 1. The largest absolute Gasteiger partial charge is 0.359 e. The van der Waals surface area contributed by atoms with Crippen LogP contribution in [0.25, 0.3) is 0 Å². The lowest BCUT2D eigenvalue weighted by Gasteiger charge is -2.40. The SMILES string of the molecule is Cc1ccc(NC(=O)[C@@H]2[C@@H]3C=C[C@]4(O3)[C@@H]2C(=O)N(C2CCC(C)CC2)[C@H]4C(=O)NC2CCCCC2)cc1. The van der Waals surface area contributed by atoms with Crippen molar-refractivity contribution in [1.82, 2.24) is 10.2 Å². The second-order valence-electron chi connectivity index (χ2n) is 12.1. The van der Waals surface area contributed by atoms with Crippen molar-refractivity contribution in [1.29, 1.82) is 0 Å². The van der Waals surface area contributed by atoms with Crippen LogP contribution in [0, 0.1) is 24.7 Å². The maximum atomic E-state index is 14.2. The standard InChI is InChI=1S/C30H39N3O4/c1-18-8-12-21(13-9-18)31-27(34)24-23-16-17-30(37-23)25(24)29(36)33(22-14-10-19(2)11-15-22)26(30)28(35)32-20-6-4-3-5-7-20/h8-9,12-13,16-17,19-20,22-26H,3-7,10-11,14-15H2,1-2H3,(H,31,34)(H,32,35)/t19?,22?,23-,24+,25-,26-,30-/m0/s1. The molecule has 2 saturated carbocycles. The molecule has 1 spiro atoms. The molecule has 198 valence electrons. The Morgan fingerprint density at radius 1 is 0.973 bits per heavy atom. The van der Waals surface area contributed by atoms with Gasteiger partial charge in [0.05, 0.1) is 17.9 Å². The Morgan fingerprint density at radius 2 is 1.68 bits per heavy atom. The van der Waals surface area contributed by atoms with Gasteiger partial charge in [0.2, 0.25) is 17.7 Å². The van der Waals surface area contributed by atoms with E-state index in [0.29, 0.717) is 11.6 Å². The van der Waals surface area contributed by atoms with Crippen molar-refractivity contribution in [3.05, 3.63) is 42.0 Å². The van der Waals surface area contributed by atoms with Crippen LogP contribution in [0.5, 0.6) is 0 Å². The molecule has 2 bridgehead atoms. The normalized spacial score (nSPS) is 37.0. The fourth-order valence-electron chi connectivity index (χ4n) is 7.51. The monoisotopic (exact) mass is 505 g/mol. The van der Waals surface area contributed by atoms with Gasteiger partial charge in [0.25, 0.3) is 0 Å². The smallest absolute Gasteiger partial charge is 0.246 e. The van der Waals surface area contributed by atoms with Crippen molar-refractivity contribution >= 4 is 23.4 Å². The Kier molecular flexibility index (Phi) is 6.38. The summed E-state index contributed by atoms with van der Waals surface area (Å²) in [7, 11) is 0. The number of nitrogens with one attached hydrogen (secondary N) is 2. The molecule has 4 fully saturated rings. The summed E-state index contributed by atoms with van der Waals surface area (Å²) in [5.74, 6) is -1.15. The molecule has 0 radical (unpaired) electrons. The van der Waals surface area contributed by atoms with Gasteiger partial charge in [-0.2, -0.15) is 0 Å². The topological polar surface area (TPSA) is 87.7 Å². The summed E-state index contributed by atoms with van der Waals surface area (Å²) >= 11 is 0. The fourth-order valence-corrected chi connectivity index (χ4v) is 7.51. The molecule has 2 N–H and O–H groups in total. The third-order valence-electron chi connectivity index (χ3n) is 9.51. The summed E-state index contributed by atoms with van der Waals surface area (Å²) in [6.07, 6.45) is 12.6. The van der Waals surface area contributed by atoms with Crippen LogP contribution in [0.1, 0.15) is 70.3 Å². The molecule has 37 heavy (non-hydrogen) atoms. The third kappa shape index (κ3) is 4.19. The van der Waals surface area contributed by atoms with E-state index in [1.165, 1.54) is 6.42 Å². The molecular formula is C30H39N3O4. The molecule has 3 aliphatic heterocycles. The molecule has 0 unspecified atom stereocenters. The van der Waals surface area contributed by atoms with Crippen molar-refractivity contribution in [3.63, 3.8) is 0 Å². The van der Waals surface area contributed by atoms with E-state index in [0.717, 1.165) is 56.9 Å². The first kappa shape index (κ1) is 24.7. The zero-order valence-electron chi connectivity index (χ0n) is 21.9. The maximum absolute atomic E-state index is 14.2. The van der Waals surface area contributed by atoms with Gasteiger partial charge in [-0.15, -0.1) is 0 Å². The minimum Gasteiger partial charge on any atom is -0.359 e. The first-order valence-electron chi connectivity index (χ1n) is 14.2. The number of rotatable bonds is 5. The Morgan fingerprint density at radius 3 is 2.38 bits per heavy atom. The number of benzene rings is 1. The van der Waals surface area contributed by atoms with Crippen molar-refractivity contribution < 1.29 is 19.1 Å². The first-order chi connectivity index (χ1) is 17.9. The second-order valence-corrected chi connectivity index (χ2v) is 12.1. The quantitative estimate of drug-likeness (QED) is 0.590. The second kappa shape index (κ2) is 9.57. The molecular weight excluding hydrogens is 466 g/mol. The average molecular weight is 506 g/mol. The van der Waals surface area contributed by atoms with Crippen LogP contribution >= 0.6 is 0 Å². The molecule has 7 nitrogen and oxygen atoms in total. The molecule has 2 aliphatic carbocycles. The zero-order valence-corrected chi connectivity index (χ0v) is 21.9. The van der Waals surface area contributed by atoms with E-state index in [4.69, 9.17) is 4.74 Å². The van der Waals surface area contributed by atoms with Crippen LogP contribution in [0.4, 0.5) is 5.69 Å². The molecule has 2 saturated heterocycles. The highest BCUT2D eigenvalue weighted by Gasteiger charge is 2.73. The van der Waals surface area contributed by atoms with E-state index in [-0.39, 0.29) is 29.8 Å². The average Bonchev–Trinajstić information content (AvgIpc) is 3.54. The van der Waals surface area contributed by atoms with Gasteiger partial charge in [0.1, 0.15) is 11.6 Å². The Labute approximate surface area is 219 Å². The number of hydrogen-bond acceptors (Lipinski definition) is 4. The fraction of sp³-hybridized carbons (Fsp3) is 0.633. The van der Waals surface area contributed by atoms with Gasteiger partial charge < -0.3 is 20.3 Å². The van der Waals surface area contributed by atoms with Gasteiger partial charge in [-0.25, -0.2) is 0 Å². The van der Waals surface area contributed by atoms with Gasteiger partial charge in [-0.05, 0) is 63.5 Å². The maximum Gasteiger partial charge on any atom is 0.246 e. The van der Waals surface area contributed by atoms with Crippen LogP contribution in [0.15, 0.2) is 36.4 Å². The third-order valence-corrected chi connectivity index (χ3v) is 9.51. The van der Waals surface area contributed by atoms with Crippen LogP contribution < -0.4 is 10.6 Å². The lowest BCUT2D eigenvalue weighted by Crippen LogP contribution is -2.58. The predicted octanol–water partition coefficient (Wildman–Crippen LogP) is 4.11. The Balaban J connectivity index is 1.31. The van der Waals surface area contributed by atoms with Gasteiger partial charge in [-0.3, -0.25) is 14.4 Å². The summed E-state index contributed by atoms with van der Waals surface area (Å²) < 4.78 is 6.51. The molecule has 0 aromatic heterocycles. The minimum absolute atomic E-state index is 0.00245. The van der Waals surface area contributed by atoms with Gasteiger partial charge in [-0.1, -0.05) is 56.0 Å². The molecule has 5 aliphatic rings. The Bertz CT molecular complexity index is 1090. The highest BCUT2D eigenvalue weighted by molar-refractivity contribution is 6.03. The number of anilines is 1. The first-order valence-corrected chi connectivity index (χ1v) is 14.2. The lowest BCUT2D eigenvalue weighted by atomic mass is 9.74. The van der Waals surface area contributed by atoms with E-state index < -0.39 is 29.6 Å². The highest BCUT2D eigenvalue weighted by atomic mass is 16.5. The number of aryl methyl sites for hydroxylation is 1. The van der Waals surface area contributed by atoms with Crippen molar-refractivity contribution in [3.8, 4) is 0 Å². The van der Waals surface area contributed by atoms with Gasteiger partial charge >= 0.3 is 0 Å². The predicted molar refractivity (Wildman–Crippen MR) is 141 cm³/mol. The zero-order chi connectivity index (χ0) is 25.7. The summed E-state index contributed by atoms with van der Waals surface area (Å²) in [5.41, 5.74) is 0.726. The van der Waals surface area contributed by atoms with E-state index in [9.17, 15) is 14.4 Å². The number of fused-ring (bicyclic) bond motifs is 1. The molecule has 3 heterocycles. The summed E-state index contributed by atoms with van der Waals surface area (Å²) in [5, 5.41) is 6.30. The van der Waals surface area contributed by atoms with Crippen LogP contribution in [0.3, 0.4) is 0 Å². The van der Waals surface area contributed by atoms with E-state index in [1.807, 2.05) is 48.2 Å². The highest BCUT2D eigenvalue weighted by Crippen LogP contribution is 2.56. The molecule has 5 atom stereocenters. The number of carbonyl (C=O) groups excluding carboxylic acids is 3. The Hall–Kier alpha value is -2.67. The molecule has 6 rings (SSSR count). The van der Waals surface area contributed by atoms with Gasteiger partial charge in [0, 0.05) is 17.8 Å². The molecule has 1 aromatic rings. The van der Waals surface area contributed by atoms with Crippen LogP contribution in [0.2, 0.25) is 0 Å². The molecule has 3 amide bonds. The number of amides is 3. The van der Waals surface area contributed by atoms with E-state index in [1.54, 1.807) is 0 Å². The molecule has 1 aromatic carbocycles. The lowest BCUT2D eigenvalue weighted by molar-refractivity contribution is -0.145. The van der Waals surface area contributed by atoms with Crippen molar-refractivity contribution in [2.75, 3.05) is 5.32 Å². The van der Waals surface area contributed by atoms with Crippen LogP contribution in [-0.4, -0.2) is 52.5 Å². The summed E-state index contributed by atoms with van der Waals surface area (Å²) in [6, 6.07) is 7.06. The number of carbonyl (C=O) groups is 3. The van der Waals surface area contributed by atoms with Crippen molar-refractivity contribution in [2.24, 2.45) is 17.8 Å².